The first-order valence-electron chi connectivity index (χ1n) is 9.45. The molecule has 3 rings (SSSR count). The standard InChI is InChI=1S/C22H21ClFIN2O3/c1-4-30-18-9-16-17(12(2)10-26-13(3)28)11-27(21(16)19(23)20(18)24)22(29)14-5-7-15(25)8-6-14/h5-9,11-12H,4,10H2,1-3H3,(H,26,28). The molecular formula is C22H21ClFIN2O3. The van der Waals surface area contributed by atoms with Gasteiger partial charge in [0.25, 0.3) is 5.91 Å². The minimum atomic E-state index is -0.707. The Bertz CT molecular complexity index is 1110. The second kappa shape index (κ2) is 9.34. The number of halogens is 3. The van der Waals surface area contributed by atoms with Gasteiger partial charge in [0.05, 0.1) is 12.1 Å². The van der Waals surface area contributed by atoms with Gasteiger partial charge in [0, 0.05) is 40.1 Å². The largest absolute Gasteiger partial charge is 0.491 e. The van der Waals surface area contributed by atoms with Gasteiger partial charge in [-0.3, -0.25) is 14.2 Å². The molecule has 1 heterocycles. The van der Waals surface area contributed by atoms with Crippen molar-refractivity contribution in [2.24, 2.45) is 0 Å². The quantitative estimate of drug-likeness (QED) is 0.427. The normalized spacial score (nSPS) is 12.1. The Labute approximate surface area is 192 Å². The first-order valence-corrected chi connectivity index (χ1v) is 10.9. The van der Waals surface area contributed by atoms with Crippen LogP contribution >= 0.6 is 34.2 Å². The van der Waals surface area contributed by atoms with E-state index in [1.54, 1.807) is 31.3 Å². The van der Waals surface area contributed by atoms with Gasteiger partial charge in [-0.05, 0) is 65.4 Å². The number of fused-ring (bicyclic) bond motifs is 1. The van der Waals surface area contributed by atoms with Crippen LogP contribution in [0.3, 0.4) is 0 Å². The summed E-state index contributed by atoms with van der Waals surface area (Å²) in [5.41, 5.74) is 1.50. The van der Waals surface area contributed by atoms with E-state index in [-0.39, 0.29) is 40.6 Å². The number of ether oxygens (including phenoxy) is 1. The number of benzene rings is 2. The molecule has 3 aromatic rings. The molecule has 0 aliphatic carbocycles. The number of amides is 1. The first-order chi connectivity index (χ1) is 14.2. The van der Waals surface area contributed by atoms with E-state index in [9.17, 15) is 14.0 Å². The highest BCUT2D eigenvalue weighted by molar-refractivity contribution is 14.1. The van der Waals surface area contributed by atoms with Crippen LogP contribution < -0.4 is 10.1 Å². The molecule has 1 N–H and O–H groups in total. The third-order valence-corrected chi connectivity index (χ3v) is 5.83. The van der Waals surface area contributed by atoms with Crippen LogP contribution in [0.5, 0.6) is 5.75 Å². The maximum atomic E-state index is 14.8. The number of hydrogen-bond donors (Lipinski definition) is 1. The molecule has 0 radical (unpaired) electrons. The molecule has 30 heavy (non-hydrogen) atoms. The van der Waals surface area contributed by atoms with Gasteiger partial charge >= 0.3 is 0 Å². The van der Waals surface area contributed by atoms with E-state index in [4.69, 9.17) is 16.3 Å². The molecule has 1 aromatic heterocycles. The molecule has 0 spiro atoms. The van der Waals surface area contributed by atoms with Crippen molar-refractivity contribution in [1.82, 2.24) is 9.88 Å². The van der Waals surface area contributed by atoms with E-state index in [1.807, 2.05) is 19.1 Å². The third kappa shape index (κ3) is 4.46. The SMILES string of the molecule is CCOc1cc2c(C(C)CNC(C)=O)cn(C(=O)c3ccc(I)cc3)c2c(Cl)c1F. The molecular weight excluding hydrogens is 522 g/mol. The topological polar surface area (TPSA) is 60.3 Å². The lowest BCUT2D eigenvalue weighted by Gasteiger charge is -2.12. The minimum Gasteiger partial charge on any atom is -0.491 e. The van der Waals surface area contributed by atoms with Crippen molar-refractivity contribution in [2.45, 2.75) is 26.7 Å². The molecule has 0 saturated heterocycles. The van der Waals surface area contributed by atoms with Crippen molar-refractivity contribution in [1.29, 1.82) is 0 Å². The second-order valence-corrected chi connectivity index (χ2v) is 8.56. The van der Waals surface area contributed by atoms with Gasteiger partial charge in [0.1, 0.15) is 5.02 Å². The Kier molecular flexibility index (Phi) is 7.02. The maximum absolute atomic E-state index is 14.8. The monoisotopic (exact) mass is 542 g/mol. The fourth-order valence-corrected chi connectivity index (χ4v) is 3.92. The highest BCUT2D eigenvalue weighted by Crippen LogP contribution is 2.38. The average Bonchev–Trinajstić information content (AvgIpc) is 3.09. The number of rotatable bonds is 6. The van der Waals surface area contributed by atoms with E-state index in [0.717, 1.165) is 9.13 Å². The van der Waals surface area contributed by atoms with Crippen LogP contribution in [0.25, 0.3) is 10.9 Å². The summed E-state index contributed by atoms with van der Waals surface area (Å²) in [5.74, 6) is -1.29. The van der Waals surface area contributed by atoms with E-state index in [2.05, 4.69) is 27.9 Å². The second-order valence-electron chi connectivity index (χ2n) is 6.94. The predicted molar refractivity (Wildman–Crippen MR) is 124 cm³/mol. The van der Waals surface area contributed by atoms with Crippen molar-refractivity contribution in [3.63, 3.8) is 0 Å². The third-order valence-electron chi connectivity index (χ3n) is 4.77. The van der Waals surface area contributed by atoms with Crippen LogP contribution in [0, 0.1) is 9.39 Å². The van der Waals surface area contributed by atoms with Gasteiger partial charge in [-0.25, -0.2) is 4.39 Å². The number of nitrogens with one attached hydrogen (secondary N) is 1. The minimum absolute atomic E-state index is 0.0300. The molecule has 1 atom stereocenters. The Morgan fingerprint density at radius 3 is 2.57 bits per heavy atom. The zero-order valence-electron chi connectivity index (χ0n) is 16.8. The smallest absolute Gasteiger partial charge is 0.262 e. The zero-order valence-corrected chi connectivity index (χ0v) is 19.7. The van der Waals surface area contributed by atoms with Crippen LogP contribution in [-0.2, 0) is 4.79 Å². The fraction of sp³-hybridized carbons (Fsp3) is 0.273. The Hall–Kier alpha value is -2.13. The molecule has 0 aliphatic heterocycles. The van der Waals surface area contributed by atoms with E-state index >= 15 is 0 Å². The lowest BCUT2D eigenvalue weighted by atomic mass is 10.00. The number of hydrogen-bond acceptors (Lipinski definition) is 3. The average molecular weight is 543 g/mol. The van der Waals surface area contributed by atoms with Crippen molar-refractivity contribution in [2.75, 3.05) is 13.2 Å². The van der Waals surface area contributed by atoms with E-state index < -0.39 is 5.82 Å². The van der Waals surface area contributed by atoms with Gasteiger partial charge < -0.3 is 10.1 Å². The van der Waals surface area contributed by atoms with Gasteiger partial charge in [-0.1, -0.05) is 18.5 Å². The van der Waals surface area contributed by atoms with Crippen LogP contribution in [0.4, 0.5) is 4.39 Å². The molecule has 5 nitrogen and oxygen atoms in total. The van der Waals surface area contributed by atoms with Crippen molar-refractivity contribution in [3.05, 3.63) is 62.1 Å². The van der Waals surface area contributed by atoms with Crippen molar-refractivity contribution < 1.29 is 18.7 Å². The number of nitrogens with zero attached hydrogens (tertiary/aromatic N) is 1. The summed E-state index contributed by atoms with van der Waals surface area (Å²) in [4.78, 5) is 24.6. The lowest BCUT2D eigenvalue weighted by Crippen LogP contribution is -2.24. The Morgan fingerprint density at radius 1 is 1.30 bits per heavy atom. The molecule has 8 heteroatoms. The highest BCUT2D eigenvalue weighted by Gasteiger charge is 2.25. The summed E-state index contributed by atoms with van der Waals surface area (Å²) in [6.45, 7) is 5.75. The molecule has 158 valence electrons. The van der Waals surface area contributed by atoms with Gasteiger partial charge in [-0.2, -0.15) is 0 Å². The molecule has 0 saturated carbocycles. The highest BCUT2D eigenvalue weighted by atomic mass is 127. The molecule has 0 fully saturated rings. The summed E-state index contributed by atoms with van der Waals surface area (Å²) in [5, 5.41) is 3.22. The first kappa shape index (κ1) is 22.6. The van der Waals surface area contributed by atoms with E-state index in [0.29, 0.717) is 17.5 Å². The zero-order chi connectivity index (χ0) is 22.0. The summed E-state index contributed by atoms with van der Waals surface area (Å²) < 4.78 is 22.6. The summed E-state index contributed by atoms with van der Waals surface area (Å²) in [6, 6.07) is 8.66. The van der Waals surface area contributed by atoms with Crippen LogP contribution in [0.1, 0.15) is 42.6 Å². The summed E-state index contributed by atoms with van der Waals surface area (Å²) in [7, 11) is 0. The van der Waals surface area contributed by atoms with Gasteiger partial charge in [-0.15, -0.1) is 0 Å². The molecule has 0 bridgehead atoms. The van der Waals surface area contributed by atoms with Crippen LogP contribution in [0.15, 0.2) is 36.5 Å². The molecule has 0 aliphatic rings. The van der Waals surface area contributed by atoms with Crippen molar-refractivity contribution in [3.8, 4) is 5.75 Å². The predicted octanol–water partition coefficient (Wildman–Crippen LogP) is 5.37. The molecule has 1 unspecified atom stereocenters. The maximum Gasteiger partial charge on any atom is 0.262 e. The van der Waals surface area contributed by atoms with Crippen LogP contribution in [0.2, 0.25) is 5.02 Å². The Balaban J connectivity index is 2.21. The molecule has 1 amide bonds. The van der Waals surface area contributed by atoms with Gasteiger partial charge in [0.2, 0.25) is 5.91 Å². The number of aromatic nitrogens is 1. The summed E-state index contributed by atoms with van der Waals surface area (Å²) >= 11 is 8.54. The lowest BCUT2D eigenvalue weighted by molar-refractivity contribution is -0.119. The number of carbonyl (C=O) groups excluding carboxylic acids is 2. The van der Waals surface area contributed by atoms with Gasteiger partial charge in [0.15, 0.2) is 11.6 Å². The van der Waals surface area contributed by atoms with Crippen LogP contribution in [-0.4, -0.2) is 29.5 Å². The summed E-state index contributed by atoms with van der Waals surface area (Å²) in [6.07, 6.45) is 1.67. The molecule has 2 aromatic carbocycles. The van der Waals surface area contributed by atoms with E-state index in [1.165, 1.54) is 11.5 Å². The fourth-order valence-electron chi connectivity index (χ4n) is 3.27. The van der Waals surface area contributed by atoms with Crippen molar-refractivity contribution >= 4 is 56.9 Å². The number of carbonyl (C=O) groups is 2. The Morgan fingerprint density at radius 2 is 1.97 bits per heavy atom.